The van der Waals surface area contributed by atoms with Crippen molar-refractivity contribution in [3.63, 3.8) is 0 Å². The highest BCUT2D eigenvalue weighted by Crippen LogP contribution is 2.54. The van der Waals surface area contributed by atoms with Crippen LogP contribution in [0.5, 0.6) is 23.0 Å². The predicted molar refractivity (Wildman–Crippen MR) is 203 cm³/mol. The number of esters is 1. The molecule has 0 bridgehead atoms. The normalized spacial score (nSPS) is 34.0. The van der Waals surface area contributed by atoms with Crippen molar-refractivity contribution in [3.8, 4) is 34.3 Å². The molecule has 0 aliphatic carbocycles. The number of carbonyl (C=O) groups is 2. The van der Waals surface area contributed by atoms with E-state index in [1.54, 1.807) is 18.4 Å². The minimum atomic E-state index is -2.49. The summed E-state index contributed by atoms with van der Waals surface area (Å²) < 4.78 is 29.3. The molecule has 5 heterocycles. The minimum absolute atomic E-state index is 0.00550. The van der Waals surface area contributed by atoms with Crippen molar-refractivity contribution in [2.45, 2.75) is 106 Å². The summed E-state index contributed by atoms with van der Waals surface area (Å²) in [5.74, 6) is -9.62. The summed E-state index contributed by atoms with van der Waals surface area (Å²) in [5, 5.41) is 110. The fourth-order valence-corrected chi connectivity index (χ4v) is 8.12. The van der Waals surface area contributed by atoms with Gasteiger partial charge in [-0.25, -0.2) is 9.59 Å². The van der Waals surface area contributed by atoms with E-state index in [-0.39, 0.29) is 52.4 Å². The van der Waals surface area contributed by atoms with E-state index in [9.17, 15) is 65.4 Å². The van der Waals surface area contributed by atoms with Crippen LogP contribution in [0.15, 0.2) is 63.5 Å². The lowest BCUT2D eigenvalue weighted by Crippen LogP contribution is -2.71. The van der Waals surface area contributed by atoms with Crippen LogP contribution < -0.4 is 21.2 Å². The monoisotopic (exact) mass is 842 g/mol. The van der Waals surface area contributed by atoms with E-state index >= 15 is 0 Å². The number of rotatable bonds is 8. The highest BCUT2D eigenvalue weighted by Gasteiger charge is 2.63. The molecule has 4 aliphatic heterocycles. The first-order valence-corrected chi connectivity index (χ1v) is 19.1. The van der Waals surface area contributed by atoms with E-state index in [2.05, 4.69) is 5.32 Å². The molecule has 0 saturated carbocycles. The average molecular weight is 843 g/mol. The fourth-order valence-electron chi connectivity index (χ4n) is 8.12. The van der Waals surface area contributed by atoms with Crippen LogP contribution in [0.25, 0.3) is 22.3 Å². The SMILES string of the molecule is CC(C)CCC1CC(C2=CNC(N)C=C2)c2c(cc3oc(-c4ccc(O)c(O)c4)cc(=O)c3c2O)OC12OC(C(=O)OC1OC(C(=O)O)C(O)C(O)C1O)C(O)C(O)C2O. The van der Waals surface area contributed by atoms with Crippen molar-refractivity contribution in [2.75, 3.05) is 0 Å². The van der Waals surface area contributed by atoms with Gasteiger partial charge in [-0.15, -0.1) is 0 Å². The number of fused-ring (bicyclic) bond motifs is 2. The van der Waals surface area contributed by atoms with Crippen molar-refractivity contribution in [3.05, 3.63) is 70.0 Å². The minimum Gasteiger partial charge on any atom is -0.507 e. The Morgan fingerprint density at radius 3 is 2.32 bits per heavy atom. The number of ether oxygens (including phenoxy) is 4. The number of allylic oxidation sites excluding steroid dienone is 2. The number of hydrogen-bond donors (Lipinski definition) is 12. The van der Waals surface area contributed by atoms with Gasteiger partial charge in [0.15, 0.2) is 29.1 Å². The van der Waals surface area contributed by atoms with Crippen LogP contribution in [0, 0.1) is 11.8 Å². The lowest BCUT2D eigenvalue weighted by molar-refractivity contribution is -0.354. The Morgan fingerprint density at radius 1 is 0.950 bits per heavy atom. The third-order valence-electron chi connectivity index (χ3n) is 11.4. The molecular weight excluding hydrogens is 796 g/mol. The third kappa shape index (κ3) is 7.54. The number of dihydropyridines is 1. The summed E-state index contributed by atoms with van der Waals surface area (Å²) in [4.78, 5) is 39.4. The Kier molecular flexibility index (Phi) is 11.6. The van der Waals surface area contributed by atoms with E-state index in [4.69, 9.17) is 29.1 Å². The second-order valence-corrected chi connectivity index (χ2v) is 15.8. The zero-order valence-corrected chi connectivity index (χ0v) is 32.1. The number of phenolic OH excluding ortho intramolecular Hbond substituents is 3. The lowest BCUT2D eigenvalue weighted by atomic mass is 9.74. The number of benzene rings is 2. The summed E-state index contributed by atoms with van der Waals surface area (Å²) in [7, 11) is 0. The molecule has 20 heteroatoms. The van der Waals surface area contributed by atoms with Crippen molar-refractivity contribution in [1.82, 2.24) is 5.32 Å². The van der Waals surface area contributed by atoms with Crippen molar-refractivity contribution in [1.29, 1.82) is 0 Å². The number of carbonyl (C=O) groups excluding carboxylic acids is 1. The molecule has 1 aromatic heterocycles. The number of nitrogens with one attached hydrogen (secondary N) is 1. The van der Waals surface area contributed by atoms with Crippen molar-refractivity contribution < 1.29 is 84.0 Å². The van der Waals surface area contributed by atoms with Gasteiger partial charge in [-0.05, 0) is 48.6 Å². The van der Waals surface area contributed by atoms with Gasteiger partial charge >= 0.3 is 11.9 Å². The quantitative estimate of drug-likeness (QED) is 0.0998. The molecule has 60 heavy (non-hydrogen) atoms. The topological polar surface area (TPSA) is 342 Å². The van der Waals surface area contributed by atoms with Gasteiger partial charge in [0.1, 0.15) is 64.9 Å². The van der Waals surface area contributed by atoms with Gasteiger partial charge in [0.25, 0.3) is 0 Å². The summed E-state index contributed by atoms with van der Waals surface area (Å²) >= 11 is 0. The molecule has 13 unspecified atom stereocenters. The second kappa shape index (κ2) is 16.3. The molecule has 0 amide bonds. The van der Waals surface area contributed by atoms with Gasteiger partial charge in [-0.1, -0.05) is 26.3 Å². The Morgan fingerprint density at radius 2 is 1.67 bits per heavy atom. The number of aromatic hydroxyl groups is 3. The van der Waals surface area contributed by atoms with Gasteiger partial charge in [0.2, 0.25) is 12.1 Å². The highest BCUT2D eigenvalue weighted by molar-refractivity contribution is 5.89. The second-order valence-electron chi connectivity index (χ2n) is 15.8. The van der Waals surface area contributed by atoms with E-state index in [0.29, 0.717) is 12.0 Å². The Labute approximate surface area is 339 Å². The summed E-state index contributed by atoms with van der Waals surface area (Å²) in [6.07, 6.45) is -14.9. The molecule has 0 radical (unpaired) electrons. The summed E-state index contributed by atoms with van der Waals surface area (Å²) in [6.45, 7) is 3.83. The van der Waals surface area contributed by atoms with E-state index in [1.165, 1.54) is 18.2 Å². The molecule has 3 aromatic rings. The van der Waals surface area contributed by atoms with Crippen LogP contribution in [0.2, 0.25) is 0 Å². The van der Waals surface area contributed by atoms with Gasteiger partial charge in [0.05, 0.1) is 6.17 Å². The van der Waals surface area contributed by atoms with Crippen molar-refractivity contribution >= 4 is 22.9 Å². The zero-order valence-electron chi connectivity index (χ0n) is 32.1. The number of aliphatic carboxylic acids is 1. The Bertz CT molecular complexity index is 2280. The first-order chi connectivity index (χ1) is 28.3. The van der Waals surface area contributed by atoms with Crippen LogP contribution in [0.3, 0.4) is 0 Å². The molecule has 324 valence electrons. The molecule has 13 N–H and O–H groups in total. The molecule has 4 aliphatic rings. The molecule has 7 rings (SSSR count). The standard InChI is InChI=1S/C40H46N2O18/c1-14(2)3-6-17-10-18(16-5-8-25(41)42-13-16)26-24(12-23-27(28(26)46)21(45)11-22(56-23)15-4-7-19(43)20(44)9-15)59-40(17)36(52)32(50)31(49)35(60-40)38(55)58-39-33(51)29(47)30(48)34(57-39)37(53)54/h4-5,7-9,11-14,17-18,25,29-36,39,42-44,46-52H,3,6,10,41H2,1-2H3,(H,53,54). The highest BCUT2D eigenvalue weighted by atomic mass is 16.8. The van der Waals surface area contributed by atoms with Gasteiger partial charge < -0.3 is 85.5 Å². The van der Waals surface area contributed by atoms with Gasteiger partial charge in [0, 0.05) is 41.3 Å². The maximum atomic E-state index is 13.9. The molecule has 20 nitrogen and oxygen atoms in total. The molecule has 13 atom stereocenters. The van der Waals surface area contributed by atoms with Gasteiger partial charge in [-0.3, -0.25) is 4.79 Å². The maximum absolute atomic E-state index is 13.9. The van der Waals surface area contributed by atoms with Crippen LogP contribution >= 0.6 is 0 Å². The molecule has 2 fully saturated rings. The van der Waals surface area contributed by atoms with Crippen LogP contribution in [0.1, 0.15) is 44.6 Å². The Hall–Kier alpha value is -5.29. The van der Waals surface area contributed by atoms with Crippen LogP contribution in [-0.4, -0.2) is 130 Å². The predicted octanol–water partition coefficient (Wildman–Crippen LogP) is -0.563. The first-order valence-electron chi connectivity index (χ1n) is 19.1. The van der Waals surface area contributed by atoms with E-state index in [1.807, 2.05) is 13.8 Å². The van der Waals surface area contributed by atoms with E-state index < -0.39 is 114 Å². The first kappa shape index (κ1) is 42.8. The summed E-state index contributed by atoms with van der Waals surface area (Å²) in [5.41, 5.74) is 5.76. The fraction of sp³-hybridized carbons (Fsp3) is 0.475. The van der Waals surface area contributed by atoms with Crippen LogP contribution in [-0.2, 0) is 23.8 Å². The number of phenols is 3. The third-order valence-corrected chi connectivity index (χ3v) is 11.4. The Balaban J connectivity index is 1.38. The number of carboxylic acids is 1. The molecule has 2 saturated heterocycles. The average Bonchev–Trinajstić information content (AvgIpc) is 3.33. The zero-order chi connectivity index (χ0) is 43.5. The number of aliphatic hydroxyl groups excluding tert-OH is 6. The molecule has 2 aromatic carbocycles. The van der Waals surface area contributed by atoms with Gasteiger partial charge in [-0.2, -0.15) is 0 Å². The lowest BCUT2D eigenvalue weighted by Gasteiger charge is -2.50. The number of hydrogen-bond acceptors (Lipinski definition) is 19. The smallest absolute Gasteiger partial charge is 0.340 e. The largest absolute Gasteiger partial charge is 0.507 e. The molecule has 1 spiro atoms. The summed E-state index contributed by atoms with van der Waals surface area (Å²) in [6, 6.07) is 5.98. The number of aliphatic hydroxyl groups is 6. The maximum Gasteiger partial charge on any atom is 0.340 e. The van der Waals surface area contributed by atoms with E-state index in [0.717, 1.165) is 12.1 Å². The van der Waals surface area contributed by atoms with Crippen LogP contribution in [0.4, 0.5) is 0 Å². The number of nitrogens with two attached hydrogens (primary N) is 1. The molecular formula is C40H46N2O18. The number of carboxylic acid groups (broad SMARTS) is 1. The van der Waals surface area contributed by atoms with Crippen molar-refractivity contribution in [2.24, 2.45) is 17.6 Å².